The SMILES string of the molecule is CCNc1ccc(SC(=O)OCc2ccccc2)cc1. The Kier molecular flexibility index (Phi) is 5.50. The van der Waals surface area contributed by atoms with E-state index >= 15 is 0 Å². The van der Waals surface area contributed by atoms with Crippen LogP contribution in [0.25, 0.3) is 0 Å². The summed E-state index contributed by atoms with van der Waals surface area (Å²) < 4.78 is 5.22. The zero-order valence-corrected chi connectivity index (χ0v) is 12.2. The molecule has 20 heavy (non-hydrogen) atoms. The molecule has 104 valence electrons. The summed E-state index contributed by atoms with van der Waals surface area (Å²) in [6.45, 7) is 3.23. The van der Waals surface area contributed by atoms with E-state index in [1.165, 1.54) is 0 Å². The van der Waals surface area contributed by atoms with Gasteiger partial charge in [-0.3, -0.25) is 0 Å². The maximum absolute atomic E-state index is 11.7. The maximum Gasteiger partial charge on any atom is 0.372 e. The topological polar surface area (TPSA) is 38.3 Å². The maximum atomic E-state index is 11.7. The average Bonchev–Trinajstić information content (AvgIpc) is 2.49. The first-order valence-electron chi connectivity index (χ1n) is 6.50. The summed E-state index contributed by atoms with van der Waals surface area (Å²) in [5.74, 6) is 0. The summed E-state index contributed by atoms with van der Waals surface area (Å²) in [4.78, 5) is 12.6. The molecule has 0 aliphatic heterocycles. The molecular formula is C16H17NO2S. The molecule has 0 bridgehead atoms. The molecule has 1 N–H and O–H groups in total. The fourth-order valence-electron chi connectivity index (χ4n) is 1.69. The van der Waals surface area contributed by atoms with Crippen molar-refractivity contribution >= 4 is 22.8 Å². The molecule has 0 aliphatic rings. The van der Waals surface area contributed by atoms with Crippen LogP contribution in [0, 0.1) is 0 Å². The number of rotatable bonds is 5. The van der Waals surface area contributed by atoms with Gasteiger partial charge in [-0.25, -0.2) is 4.79 Å². The highest BCUT2D eigenvalue weighted by atomic mass is 32.2. The lowest BCUT2D eigenvalue weighted by Gasteiger charge is -2.06. The molecule has 0 radical (unpaired) electrons. The van der Waals surface area contributed by atoms with Crippen molar-refractivity contribution in [1.82, 2.24) is 0 Å². The Labute approximate surface area is 123 Å². The van der Waals surface area contributed by atoms with Crippen LogP contribution in [-0.4, -0.2) is 11.8 Å². The van der Waals surface area contributed by atoms with Gasteiger partial charge in [-0.2, -0.15) is 0 Å². The summed E-state index contributed by atoms with van der Waals surface area (Å²) in [5, 5.41) is 2.92. The molecule has 2 aromatic carbocycles. The van der Waals surface area contributed by atoms with E-state index in [1.807, 2.05) is 61.5 Å². The van der Waals surface area contributed by atoms with Crippen molar-refractivity contribution in [2.24, 2.45) is 0 Å². The van der Waals surface area contributed by atoms with E-state index in [2.05, 4.69) is 5.32 Å². The van der Waals surface area contributed by atoms with Crippen molar-refractivity contribution in [2.75, 3.05) is 11.9 Å². The minimum Gasteiger partial charge on any atom is -0.452 e. The van der Waals surface area contributed by atoms with E-state index in [-0.39, 0.29) is 5.30 Å². The number of carbonyl (C=O) groups excluding carboxylic acids is 1. The number of nitrogens with one attached hydrogen (secondary N) is 1. The van der Waals surface area contributed by atoms with Crippen LogP contribution >= 0.6 is 11.8 Å². The Morgan fingerprint density at radius 1 is 1.10 bits per heavy atom. The van der Waals surface area contributed by atoms with Crippen LogP contribution in [-0.2, 0) is 11.3 Å². The highest BCUT2D eigenvalue weighted by molar-refractivity contribution is 8.13. The summed E-state index contributed by atoms with van der Waals surface area (Å²) in [6.07, 6.45) is 0. The fraction of sp³-hybridized carbons (Fsp3) is 0.188. The van der Waals surface area contributed by atoms with Crippen LogP contribution in [0.1, 0.15) is 12.5 Å². The average molecular weight is 287 g/mol. The largest absolute Gasteiger partial charge is 0.452 e. The number of thioether (sulfide) groups is 1. The van der Waals surface area contributed by atoms with Gasteiger partial charge in [-0.05, 0) is 48.5 Å². The van der Waals surface area contributed by atoms with Crippen molar-refractivity contribution < 1.29 is 9.53 Å². The van der Waals surface area contributed by atoms with E-state index in [4.69, 9.17) is 4.74 Å². The Morgan fingerprint density at radius 3 is 2.45 bits per heavy atom. The number of carbonyl (C=O) groups is 1. The van der Waals surface area contributed by atoms with Crippen LogP contribution in [0.3, 0.4) is 0 Å². The first-order valence-corrected chi connectivity index (χ1v) is 7.32. The van der Waals surface area contributed by atoms with Crippen molar-refractivity contribution in [2.45, 2.75) is 18.4 Å². The number of hydrogen-bond acceptors (Lipinski definition) is 4. The van der Waals surface area contributed by atoms with Gasteiger partial charge in [0.15, 0.2) is 0 Å². The molecule has 4 heteroatoms. The second-order valence-electron chi connectivity index (χ2n) is 4.18. The second kappa shape index (κ2) is 7.60. The number of hydrogen-bond donors (Lipinski definition) is 1. The molecule has 0 fully saturated rings. The second-order valence-corrected chi connectivity index (χ2v) is 5.19. The first-order chi connectivity index (χ1) is 9.78. The number of ether oxygens (including phenoxy) is 1. The molecule has 0 spiro atoms. The fourth-order valence-corrected chi connectivity index (χ4v) is 2.27. The minimum absolute atomic E-state index is 0.287. The quantitative estimate of drug-likeness (QED) is 0.647. The van der Waals surface area contributed by atoms with E-state index in [9.17, 15) is 4.79 Å². The monoisotopic (exact) mass is 287 g/mol. The molecule has 2 rings (SSSR count). The molecule has 0 atom stereocenters. The van der Waals surface area contributed by atoms with Gasteiger partial charge < -0.3 is 10.1 Å². The summed E-state index contributed by atoms with van der Waals surface area (Å²) in [6, 6.07) is 17.4. The Balaban J connectivity index is 1.82. The third-order valence-corrected chi connectivity index (χ3v) is 3.43. The van der Waals surface area contributed by atoms with Crippen LogP contribution in [0.4, 0.5) is 10.5 Å². The van der Waals surface area contributed by atoms with Crippen molar-refractivity contribution in [3.8, 4) is 0 Å². The summed E-state index contributed by atoms with van der Waals surface area (Å²) in [5.41, 5.74) is 2.04. The lowest BCUT2D eigenvalue weighted by molar-refractivity contribution is 0.168. The molecule has 3 nitrogen and oxygen atoms in total. The zero-order valence-electron chi connectivity index (χ0n) is 11.3. The van der Waals surface area contributed by atoms with E-state index in [0.29, 0.717) is 6.61 Å². The van der Waals surface area contributed by atoms with Crippen molar-refractivity contribution in [1.29, 1.82) is 0 Å². The van der Waals surface area contributed by atoms with Gasteiger partial charge in [0.05, 0.1) is 0 Å². The van der Waals surface area contributed by atoms with Gasteiger partial charge in [-0.1, -0.05) is 30.3 Å². The molecule has 0 amide bonds. The third kappa shape index (κ3) is 4.63. The van der Waals surface area contributed by atoms with Crippen LogP contribution in [0.15, 0.2) is 59.5 Å². The molecule has 0 unspecified atom stereocenters. The minimum atomic E-state index is -0.287. The van der Waals surface area contributed by atoms with Crippen LogP contribution < -0.4 is 5.32 Å². The van der Waals surface area contributed by atoms with Crippen LogP contribution in [0.5, 0.6) is 0 Å². The lowest BCUT2D eigenvalue weighted by atomic mass is 10.2. The van der Waals surface area contributed by atoms with Gasteiger partial charge in [-0.15, -0.1) is 0 Å². The molecule has 0 aliphatic carbocycles. The molecule has 2 aromatic rings. The molecule has 0 saturated carbocycles. The highest BCUT2D eigenvalue weighted by Gasteiger charge is 2.06. The molecule has 0 aromatic heterocycles. The van der Waals surface area contributed by atoms with Crippen molar-refractivity contribution in [3.63, 3.8) is 0 Å². The van der Waals surface area contributed by atoms with E-state index < -0.39 is 0 Å². The van der Waals surface area contributed by atoms with Crippen molar-refractivity contribution in [3.05, 3.63) is 60.2 Å². The van der Waals surface area contributed by atoms with E-state index in [1.54, 1.807) is 0 Å². The molecule has 0 heterocycles. The predicted octanol–water partition coefficient (Wildman–Crippen LogP) is 4.55. The normalized spacial score (nSPS) is 10.1. The molecule has 0 saturated heterocycles. The first kappa shape index (κ1) is 14.5. The van der Waals surface area contributed by atoms with Gasteiger partial charge in [0.2, 0.25) is 0 Å². The van der Waals surface area contributed by atoms with Gasteiger partial charge >= 0.3 is 5.30 Å². The van der Waals surface area contributed by atoms with Gasteiger partial charge in [0, 0.05) is 17.1 Å². The predicted molar refractivity (Wildman–Crippen MR) is 83.1 cm³/mol. The lowest BCUT2D eigenvalue weighted by Crippen LogP contribution is -1.98. The van der Waals surface area contributed by atoms with Gasteiger partial charge in [0.25, 0.3) is 0 Å². The Bertz CT molecular complexity index is 540. The zero-order chi connectivity index (χ0) is 14.2. The van der Waals surface area contributed by atoms with Gasteiger partial charge in [0.1, 0.15) is 6.61 Å². The third-order valence-electron chi connectivity index (χ3n) is 2.64. The van der Waals surface area contributed by atoms with Crippen LogP contribution in [0.2, 0.25) is 0 Å². The summed E-state index contributed by atoms with van der Waals surface area (Å²) >= 11 is 1.10. The summed E-state index contributed by atoms with van der Waals surface area (Å²) in [7, 11) is 0. The molecular weight excluding hydrogens is 270 g/mol. The standard InChI is InChI=1S/C16H17NO2S/c1-2-17-14-8-10-15(11-9-14)20-16(18)19-12-13-6-4-3-5-7-13/h3-11,17H,2,12H2,1H3. The Morgan fingerprint density at radius 2 is 1.80 bits per heavy atom. The number of benzene rings is 2. The van der Waals surface area contributed by atoms with E-state index in [0.717, 1.165) is 34.5 Å². The number of anilines is 1. The smallest absolute Gasteiger partial charge is 0.372 e. The highest BCUT2D eigenvalue weighted by Crippen LogP contribution is 2.22. The Hall–Kier alpha value is -1.94.